The zero-order chi connectivity index (χ0) is 17.8. The van der Waals surface area contributed by atoms with Crippen LogP contribution in [0.2, 0.25) is 0 Å². The van der Waals surface area contributed by atoms with Gasteiger partial charge in [-0.1, -0.05) is 44.7 Å². The van der Waals surface area contributed by atoms with Crippen molar-refractivity contribution < 1.29 is 14.3 Å². The third-order valence-electron chi connectivity index (χ3n) is 4.09. The lowest BCUT2D eigenvalue weighted by Crippen LogP contribution is -2.24. The quantitative estimate of drug-likeness (QED) is 0.474. The summed E-state index contributed by atoms with van der Waals surface area (Å²) in [6, 6.07) is 5.67. The van der Waals surface area contributed by atoms with Crippen LogP contribution in [0.4, 0.5) is 0 Å². The summed E-state index contributed by atoms with van der Waals surface area (Å²) in [5.74, 6) is 1.38. The lowest BCUT2D eigenvalue weighted by atomic mass is 10.0. The van der Waals surface area contributed by atoms with Crippen LogP contribution < -0.4 is 14.8 Å². The topological polar surface area (TPSA) is 47.6 Å². The first-order chi connectivity index (χ1) is 11.7. The van der Waals surface area contributed by atoms with E-state index in [1.54, 1.807) is 14.2 Å². The van der Waals surface area contributed by atoms with Gasteiger partial charge in [-0.2, -0.15) is 0 Å². The summed E-state index contributed by atoms with van der Waals surface area (Å²) >= 11 is 0. The largest absolute Gasteiger partial charge is 0.493 e. The number of hydrogen-bond acceptors (Lipinski definition) is 3. The number of benzene rings is 1. The number of ether oxygens (including phenoxy) is 2. The molecule has 0 atom stereocenters. The molecule has 0 saturated heterocycles. The van der Waals surface area contributed by atoms with Crippen molar-refractivity contribution in [2.24, 2.45) is 0 Å². The zero-order valence-electron chi connectivity index (χ0n) is 15.5. The molecule has 4 heteroatoms. The fraction of sp³-hybridized carbons (Fsp3) is 0.550. The van der Waals surface area contributed by atoms with E-state index in [9.17, 15) is 4.79 Å². The van der Waals surface area contributed by atoms with Crippen molar-refractivity contribution >= 4 is 5.91 Å². The summed E-state index contributed by atoms with van der Waals surface area (Å²) in [7, 11) is 3.22. The molecule has 0 aliphatic carbocycles. The summed E-state index contributed by atoms with van der Waals surface area (Å²) in [6.07, 6.45) is 8.79. The van der Waals surface area contributed by atoms with Crippen molar-refractivity contribution in [1.82, 2.24) is 5.32 Å². The fourth-order valence-corrected chi connectivity index (χ4v) is 2.59. The van der Waals surface area contributed by atoms with Crippen molar-refractivity contribution in [2.45, 2.75) is 58.9 Å². The molecule has 0 saturated carbocycles. The van der Waals surface area contributed by atoms with Gasteiger partial charge in [0.15, 0.2) is 11.5 Å². The number of allylic oxidation sites excluding steroid dienone is 1. The van der Waals surface area contributed by atoms with Gasteiger partial charge >= 0.3 is 0 Å². The molecule has 1 rings (SSSR count). The molecule has 0 heterocycles. The molecule has 134 valence electrons. The van der Waals surface area contributed by atoms with Crippen LogP contribution in [0.15, 0.2) is 29.8 Å². The first kappa shape index (κ1) is 20.1. The van der Waals surface area contributed by atoms with Crippen molar-refractivity contribution in [2.75, 3.05) is 14.2 Å². The molecule has 0 aliphatic rings. The smallest absolute Gasteiger partial charge is 0.247 e. The summed E-state index contributed by atoms with van der Waals surface area (Å²) < 4.78 is 10.5. The number of rotatable bonds is 11. The van der Waals surface area contributed by atoms with Crippen LogP contribution in [-0.2, 0) is 11.3 Å². The fourth-order valence-electron chi connectivity index (χ4n) is 2.59. The highest BCUT2D eigenvalue weighted by Crippen LogP contribution is 2.27. The first-order valence-electron chi connectivity index (χ1n) is 8.80. The molecule has 0 unspecified atom stereocenters. The maximum Gasteiger partial charge on any atom is 0.247 e. The average molecular weight is 333 g/mol. The van der Waals surface area contributed by atoms with Gasteiger partial charge in [0.1, 0.15) is 0 Å². The van der Waals surface area contributed by atoms with E-state index >= 15 is 0 Å². The van der Waals surface area contributed by atoms with Crippen LogP contribution >= 0.6 is 0 Å². The summed E-state index contributed by atoms with van der Waals surface area (Å²) in [6.45, 7) is 4.61. The number of methoxy groups -OCH3 is 2. The summed E-state index contributed by atoms with van der Waals surface area (Å²) in [5.41, 5.74) is 1.85. The predicted molar refractivity (Wildman–Crippen MR) is 98.5 cm³/mol. The minimum Gasteiger partial charge on any atom is -0.493 e. The van der Waals surface area contributed by atoms with Gasteiger partial charge in [0.25, 0.3) is 0 Å². The maximum atomic E-state index is 12.3. The van der Waals surface area contributed by atoms with E-state index < -0.39 is 0 Å². The van der Waals surface area contributed by atoms with Crippen LogP contribution in [0.1, 0.15) is 57.9 Å². The van der Waals surface area contributed by atoms with Gasteiger partial charge in [0.05, 0.1) is 14.2 Å². The van der Waals surface area contributed by atoms with Crippen molar-refractivity contribution in [3.8, 4) is 11.5 Å². The molecule has 1 aromatic rings. The molecule has 0 bridgehead atoms. The highest BCUT2D eigenvalue weighted by atomic mass is 16.5. The second-order valence-electron chi connectivity index (χ2n) is 5.85. The minimum absolute atomic E-state index is 0.0165. The van der Waals surface area contributed by atoms with E-state index in [1.165, 1.54) is 25.7 Å². The molecule has 4 nitrogen and oxygen atoms in total. The minimum atomic E-state index is 0.0165. The van der Waals surface area contributed by atoms with Crippen LogP contribution in [0, 0.1) is 0 Å². The maximum absolute atomic E-state index is 12.3. The van der Waals surface area contributed by atoms with Crippen molar-refractivity contribution in [3.05, 3.63) is 35.4 Å². The predicted octanol–water partition coefficient (Wildman–Crippen LogP) is 4.63. The van der Waals surface area contributed by atoms with Gasteiger partial charge in [-0.25, -0.2) is 0 Å². The monoisotopic (exact) mass is 333 g/mol. The third kappa shape index (κ3) is 6.65. The molecular formula is C20H31NO3. The van der Waals surface area contributed by atoms with Crippen molar-refractivity contribution in [1.29, 1.82) is 0 Å². The Morgan fingerprint density at radius 2 is 1.79 bits per heavy atom. The first-order valence-corrected chi connectivity index (χ1v) is 8.80. The van der Waals surface area contributed by atoms with Crippen LogP contribution in [0.3, 0.4) is 0 Å². The number of carbonyl (C=O) groups excluding carboxylic acids is 1. The SMILES string of the molecule is CC=C(CCCCCCC)C(=O)NCc1ccc(OC)c(OC)c1. The molecule has 0 radical (unpaired) electrons. The lowest BCUT2D eigenvalue weighted by Gasteiger charge is -2.11. The third-order valence-corrected chi connectivity index (χ3v) is 4.09. The molecule has 1 aromatic carbocycles. The summed E-state index contributed by atoms with van der Waals surface area (Å²) in [5, 5.41) is 2.99. The van der Waals surface area contributed by atoms with E-state index in [0.29, 0.717) is 18.0 Å². The number of nitrogens with one attached hydrogen (secondary N) is 1. The highest BCUT2D eigenvalue weighted by molar-refractivity contribution is 5.93. The molecule has 0 fully saturated rings. The second kappa shape index (κ2) is 11.5. The Kier molecular flexibility index (Phi) is 9.66. The standard InChI is InChI=1S/C20H31NO3/c1-5-7-8-9-10-11-17(6-2)20(22)21-15-16-12-13-18(23-3)19(14-16)24-4/h6,12-14H,5,7-11,15H2,1-4H3,(H,21,22). The molecule has 0 aromatic heterocycles. The van der Waals surface area contributed by atoms with Crippen molar-refractivity contribution in [3.63, 3.8) is 0 Å². The van der Waals surface area contributed by atoms with Crippen LogP contribution in [-0.4, -0.2) is 20.1 Å². The summed E-state index contributed by atoms with van der Waals surface area (Å²) in [4.78, 5) is 12.3. The van der Waals surface area contributed by atoms with Gasteiger partial charge in [0.2, 0.25) is 5.91 Å². The Morgan fingerprint density at radius 3 is 2.42 bits per heavy atom. The normalized spacial score (nSPS) is 11.2. The van der Waals surface area contributed by atoms with Gasteiger partial charge in [-0.05, 0) is 37.5 Å². The van der Waals surface area contributed by atoms with E-state index in [2.05, 4.69) is 12.2 Å². The number of carbonyl (C=O) groups is 1. The van der Waals surface area contributed by atoms with E-state index in [4.69, 9.17) is 9.47 Å². The number of amides is 1. The Bertz CT molecular complexity index is 538. The van der Waals surface area contributed by atoms with Gasteiger partial charge in [-0.3, -0.25) is 4.79 Å². The van der Waals surface area contributed by atoms with Gasteiger partial charge in [-0.15, -0.1) is 0 Å². The van der Waals surface area contributed by atoms with E-state index in [1.807, 2.05) is 31.2 Å². The molecular weight excluding hydrogens is 302 g/mol. The highest BCUT2D eigenvalue weighted by Gasteiger charge is 2.09. The average Bonchev–Trinajstić information content (AvgIpc) is 2.62. The lowest BCUT2D eigenvalue weighted by molar-refractivity contribution is -0.117. The Balaban J connectivity index is 2.48. The Labute approximate surface area is 146 Å². The van der Waals surface area contributed by atoms with Crippen LogP contribution in [0.5, 0.6) is 11.5 Å². The number of hydrogen-bond donors (Lipinski definition) is 1. The second-order valence-corrected chi connectivity index (χ2v) is 5.85. The molecule has 0 aliphatic heterocycles. The van der Waals surface area contributed by atoms with Crippen LogP contribution in [0.25, 0.3) is 0 Å². The molecule has 24 heavy (non-hydrogen) atoms. The van der Waals surface area contributed by atoms with Gasteiger partial charge < -0.3 is 14.8 Å². The Hall–Kier alpha value is -1.97. The zero-order valence-corrected chi connectivity index (χ0v) is 15.5. The van der Waals surface area contributed by atoms with E-state index in [-0.39, 0.29) is 5.91 Å². The molecule has 1 N–H and O–H groups in total. The van der Waals surface area contributed by atoms with E-state index in [0.717, 1.165) is 24.0 Å². The number of unbranched alkanes of at least 4 members (excludes halogenated alkanes) is 4. The molecule has 0 spiro atoms. The van der Waals surface area contributed by atoms with Gasteiger partial charge in [0, 0.05) is 12.1 Å². The molecule has 1 amide bonds. The Morgan fingerprint density at radius 1 is 1.08 bits per heavy atom.